The number of esters is 2. The van der Waals surface area contributed by atoms with Crippen molar-refractivity contribution in [2.75, 3.05) is 13.2 Å². The first-order valence-corrected chi connectivity index (χ1v) is 10.4. The van der Waals surface area contributed by atoms with E-state index in [1.54, 1.807) is 13.8 Å². The lowest BCUT2D eigenvalue weighted by molar-refractivity contribution is -0.157. The molecule has 2 N–H and O–H groups in total. The Kier molecular flexibility index (Phi) is 7.36. The summed E-state index contributed by atoms with van der Waals surface area (Å²) in [5, 5.41) is 17.5. The van der Waals surface area contributed by atoms with Crippen LogP contribution in [0.3, 0.4) is 0 Å². The maximum absolute atomic E-state index is 12.5. The van der Waals surface area contributed by atoms with E-state index in [1.165, 1.54) is 12.8 Å². The molecule has 0 spiro atoms. The molecule has 0 aromatic carbocycles. The number of piperidine rings is 1. The molecule has 1 aromatic rings. The number of hydrogen-bond acceptors (Lipinski definition) is 8. The largest absolute Gasteiger partial charge is 0.466 e. The third kappa shape index (κ3) is 5.73. The summed E-state index contributed by atoms with van der Waals surface area (Å²) in [6, 6.07) is -0.290. The first kappa shape index (κ1) is 20.7. The molecule has 0 bridgehead atoms. The number of carbonyl (C=O) groups is 2. The molecule has 1 saturated carbocycles. The van der Waals surface area contributed by atoms with Crippen molar-refractivity contribution >= 4 is 11.9 Å². The summed E-state index contributed by atoms with van der Waals surface area (Å²) >= 11 is 0. The van der Waals surface area contributed by atoms with Gasteiger partial charge in [0.15, 0.2) is 5.82 Å². The van der Waals surface area contributed by atoms with Crippen LogP contribution < -0.4 is 5.32 Å². The van der Waals surface area contributed by atoms with Crippen LogP contribution >= 0.6 is 0 Å². The number of fused-ring (bicyclic) bond motifs is 1. The maximum Gasteiger partial charge on any atom is 0.323 e. The minimum atomic E-state index is -0.472. The Morgan fingerprint density at radius 2 is 2.11 bits per heavy atom. The van der Waals surface area contributed by atoms with Crippen molar-refractivity contribution in [2.24, 2.45) is 17.8 Å². The van der Waals surface area contributed by atoms with E-state index in [-0.39, 0.29) is 24.4 Å². The fraction of sp³-hybridized carbons (Fsp3) is 0.842. The fourth-order valence-electron chi connectivity index (χ4n) is 4.50. The van der Waals surface area contributed by atoms with Crippen LogP contribution in [0, 0.1) is 17.8 Å². The van der Waals surface area contributed by atoms with Crippen molar-refractivity contribution < 1.29 is 19.1 Å². The van der Waals surface area contributed by atoms with Gasteiger partial charge in [-0.15, -0.1) is 10.2 Å². The molecule has 1 aliphatic heterocycles. The van der Waals surface area contributed by atoms with Crippen LogP contribution in [-0.2, 0) is 25.5 Å². The molecule has 2 fully saturated rings. The Bertz CT molecular complexity index is 638. The number of ether oxygens (including phenoxy) is 2. The van der Waals surface area contributed by atoms with E-state index < -0.39 is 6.10 Å². The van der Waals surface area contributed by atoms with Crippen molar-refractivity contribution in [3.05, 3.63) is 5.82 Å². The second kappa shape index (κ2) is 9.95. The van der Waals surface area contributed by atoms with Gasteiger partial charge in [-0.3, -0.25) is 9.59 Å². The lowest BCUT2D eigenvalue weighted by atomic mass is 9.69. The molecule has 0 unspecified atom stereocenters. The zero-order valence-corrected chi connectivity index (χ0v) is 16.7. The Labute approximate surface area is 165 Å². The van der Waals surface area contributed by atoms with Crippen molar-refractivity contribution in [2.45, 2.75) is 70.9 Å². The predicted octanol–water partition coefficient (Wildman–Crippen LogP) is 1.41. The molecule has 28 heavy (non-hydrogen) atoms. The first-order chi connectivity index (χ1) is 13.5. The van der Waals surface area contributed by atoms with Crippen LogP contribution in [0.1, 0.15) is 58.2 Å². The van der Waals surface area contributed by atoms with E-state index in [9.17, 15) is 9.59 Å². The fourth-order valence-corrected chi connectivity index (χ4v) is 4.50. The minimum absolute atomic E-state index is 0.0938. The number of aryl methyl sites for hydroxylation is 1. The van der Waals surface area contributed by atoms with Crippen LogP contribution in [0.4, 0.5) is 0 Å². The van der Waals surface area contributed by atoms with Gasteiger partial charge in [0.25, 0.3) is 0 Å². The normalized spacial score (nSPS) is 28.2. The zero-order valence-electron chi connectivity index (χ0n) is 16.7. The second-order valence-electron chi connectivity index (χ2n) is 8.02. The highest BCUT2D eigenvalue weighted by atomic mass is 16.6. The van der Waals surface area contributed by atoms with Gasteiger partial charge in [0.05, 0.1) is 13.0 Å². The maximum atomic E-state index is 12.5. The van der Waals surface area contributed by atoms with E-state index in [1.807, 2.05) is 0 Å². The van der Waals surface area contributed by atoms with Crippen molar-refractivity contribution in [3.63, 3.8) is 0 Å². The number of hydrogen-bond donors (Lipinski definition) is 2. The van der Waals surface area contributed by atoms with Gasteiger partial charge in [-0.2, -0.15) is 5.21 Å². The molecule has 0 radical (unpaired) electrons. The Balaban J connectivity index is 1.44. The van der Waals surface area contributed by atoms with Gasteiger partial charge < -0.3 is 14.8 Å². The number of aromatic amines is 1. The van der Waals surface area contributed by atoms with Gasteiger partial charge in [0.2, 0.25) is 0 Å². The minimum Gasteiger partial charge on any atom is -0.466 e. The molecule has 1 aromatic heterocycles. The van der Waals surface area contributed by atoms with Gasteiger partial charge in [-0.25, -0.2) is 0 Å². The molecule has 5 atom stereocenters. The molecule has 156 valence electrons. The Morgan fingerprint density at radius 1 is 1.25 bits per heavy atom. The highest BCUT2D eigenvalue weighted by Gasteiger charge is 2.38. The van der Waals surface area contributed by atoms with Crippen LogP contribution in [0.25, 0.3) is 0 Å². The average molecular weight is 393 g/mol. The zero-order chi connectivity index (χ0) is 19.9. The Hall–Kier alpha value is -2.03. The third-order valence-electron chi connectivity index (χ3n) is 5.94. The molecule has 9 heteroatoms. The summed E-state index contributed by atoms with van der Waals surface area (Å²) in [5.41, 5.74) is 0. The summed E-state index contributed by atoms with van der Waals surface area (Å²) in [7, 11) is 0. The number of aromatic nitrogens is 4. The van der Waals surface area contributed by atoms with Gasteiger partial charge in [0, 0.05) is 6.42 Å². The van der Waals surface area contributed by atoms with Crippen LogP contribution in [-0.4, -0.2) is 57.9 Å². The van der Waals surface area contributed by atoms with Crippen LogP contribution in [0.2, 0.25) is 0 Å². The van der Waals surface area contributed by atoms with Gasteiger partial charge in [-0.1, -0.05) is 11.6 Å². The molecule has 3 rings (SSSR count). The standard InChI is InChI=1S/C19H31N5O4/c1-3-27-18(25)8-12(2)28-19(26)16-10-15-9-13(4-6-14(15)11-20-16)5-7-17-21-23-24-22-17/h12-16,20H,3-11H2,1-2H3,(H,21,22,23,24)/t12-,13+,14-,15+,16-/m0/s1. The SMILES string of the molecule is CCOC(=O)C[C@H](C)OC(=O)[C@@H]1C[C@H]2C[C@@H](CCc3nn[nH]n3)CC[C@H]2CN1. The van der Waals surface area contributed by atoms with E-state index >= 15 is 0 Å². The highest BCUT2D eigenvalue weighted by Crippen LogP contribution is 2.40. The molecule has 0 amide bonds. The average Bonchev–Trinajstić information content (AvgIpc) is 3.19. The topological polar surface area (TPSA) is 119 Å². The molecular weight excluding hydrogens is 362 g/mol. The Morgan fingerprint density at radius 3 is 2.86 bits per heavy atom. The van der Waals surface area contributed by atoms with Gasteiger partial charge >= 0.3 is 11.9 Å². The van der Waals surface area contributed by atoms with Crippen LogP contribution in [0.15, 0.2) is 0 Å². The van der Waals surface area contributed by atoms with E-state index in [0.717, 1.165) is 38.1 Å². The second-order valence-corrected chi connectivity index (χ2v) is 8.02. The molecule has 1 saturated heterocycles. The molecule has 2 heterocycles. The summed E-state index contributed by atoms with van der Waals surface area (Å²) in [6.07, 6.45) is 5.86. The van der Waals surface area contributed by atoms with E-state index in [0.29, 0.717) is 24.4 Å². The third-order valence-corrected chi connectivity index (χ3v) is 5.94. The molecular formula is C19H31N5O4. The van der Waals surface area contributed by atoms with Gasteiger partial charge in [0.1, 0.15) is 12.1 Å². The lowest BCUT2D eigenvalue weighted by Crippen LogP contribution is -2.50. The van der Waals surface area contributed by atoms with E-state index in [4.69, 9.17) is 9.47 Å². The smallest absolute Gasteiger partial charge is 0.323 e. The number of nitrogens with one attached hydrogen (secondary N) is 2. The first-order valence-electron chi connectivity index (χ1n) is 10.4. The summed E-state index contributed by atoms with van der Waals surface area (Å²) in [6.45, 7) is 4.68. The predicted molar refractivity (Wildman–Crippen MR) is 100 cm³/mol. The number of nitrogens with zero attached hydrogens (tertiary/aromatic N) is 3. The monoisotopic (exact) mass is 393 g/mol. The quantitative estimate of drug-likeness (QED) is 0.636. The molecule has 1 aliphatic carbocycles. The summed E-state index contributed by atoms with van der Waals surface area (Å²) in [5.74, 6) is 1.97. The molecule has 2 aliphatic rings. The van der Waals surface area contributed by atoms with Crippen molar-refractivity contribution in [3.8, 4) is 0 Å². The van der Waals surface area contributed by atoms with Crippen molar-refractivity contribution in [1.82, 2.24) is 25.9 Å². The number of carbonyl (C=O) groups excluding carboxylic acids is 2. The van der Waals surface area contributed by atoms with Crippen LogP contribution in [0.5, 0.6) is 0 Å². The highest BCUT2D eigenvalue weighted by molar-refractivity contribution is 5.77. The van der Waals surface area contributed by atoms with Gasteiger partial charge in [-0.05, 0) is 63.8 Å². The summed E-state index contributed by atoms with van der Waals surface area (Å²) in [4.78, 5) is 24.1. The number of rotatable bonds is 8. The number of tetrazole rings is 1. The number of H-pyrrole nitrogens is 1. The lowest BCUT2D eigenvalue weighted by Gasteiger charge is -2.42. The summed E-state index contributed by atoms with van der Waals surface area (Å²) < 4.78 is 10.4. The van der Waals surface area contributed by atoms with E-state index in [2.05, 4.69) is 25.9 Å². The van der Waals surface area contributed by atoms with Crippen molar-refractivity contribution in [1.29, 1.82) is 0 Å². The molecule has 9 nitrogen and oxygen atoms in total.